The normalized spacial score (nSPS) is 15.1. The number of amides is 2. The molecule has 8 heteroatoms. The molecular formula is C27H26N2O6. The number of hydrogen-bond acceptors (Lipinski definition) is 6. The number of esters is 1. The van der Waals surface area contributed by atoms with Crippen LogP contribution in [0.5, 0.6) is 17.2 Å². The summed E-state index contributed by atoms with van der Waals surface area (Å²) in [6.07, 6.45) is 0. The fourth-order valence-corrected chi connectivity index (χ4v) is 3.85. The van der Waals surface area contributed by atoms with Crippen molar-refractivity contribution in [2.75, 3.05) is 21.3 Å². The van der Waals surface area contributed by atoms with Crippen molar-refractivity contribution in [2.24, 2.45) is 0 Å². The van der Waals surface area contributed by atoms with Crippen molar-refractivity contribution < 1.29 is 28.5 Å². The van der Waals surface area contributed by atoms with Crippen LogP contribution in [0.2, 0.25) is 0 Å². The maximum absolute atomic E-state index is 12.9. The van der Waals surface area contributed by atoms with Gasteiger partial charge >= 0.3 is 12.0 Å². The molecule has 0 saturated carbocycles. The highest BCUT2D eigenvalue weighted by molar-refractivity contribution is 6.04. The predicted octanol–water partition coefficient (Wildman–Crippen LogP) is 4.22. The van der Waals surface area contributed by atoms with E-state index >= 15 is 0 Å². The van der Waals surface area contributed by atoms with Gasteiger partial charge in [-0.25, -0.2) is 9.59 Å². The van der Waals surface area contributed by atoms with Gasteiger partial charge in [-0.15, -0.1) is 0 Å². The van der Waals surface area contributed by atoms with E-state index in [0.717, 1.165) is 5.56 Å². The van der Waals surface area contributed by atoms with E-state index in [0.29, 0.717) is 40.7 Å². The second-order valence-electron chi connectivity index (χ2n) is 7.72. The second kappa shape index (κ2) is 10.6. The summed E-state index contributed by atoms with van der Waals surface area (Å²) < 4.78 is 21.8. The molecule has 180 valence electrons. The van der Waals surface area contributed by atoms with E-state index in [1.54, 1.807) is 49.6 Å². The van der Waals surface area contributed by atoms with E-state index in [9.17, 15) is 9.59 Å². The molecule has 2 N–H and O–H groups in total. The zero-order valence-electron chi connectivity index (χ0n) is 19.7. The predicted molar refractivity (Wildman–Crippen MR) is 130 cm³/mol. The molecule has 8 nitrogen and oxygen atoms in total. The number of carbonyl (C=O) groups is 2. The zero-order chi connectivity index (χ0) is 24.8. The van der Waals surface area contributed by atoms with Gasteiger partial charge in [-0.2, -0.15) is 0 Å². The monoisotopic (exact) mass is 474 g/mol. The third kappa shape index (κ3) is 5.22. The number of benzene rings is 3. The fraction of sp³-hybridized carbons (Fsp3) is 0.185. The first-order valence-corrected chi connectivity index (χ1v) is 10.9. The lowest BCUT2D eigenvalue weighted by atomic mass is 9.92. The largest absolute Gasteiger partial charge is 0.497 e. The van der Waals surface area contributed by atoms with Crippen LogP contribution in [-0.4, -0.2) is 33.3 Å². The number of hydrogen-bond donors (Lipinski definition) is 2. The molecule has 35 heavy (non-hydrogen) atoms. The molecule has 0 aromatic heterocycles. The molecule has 4 rings (SSSR count). The summed E-state index contributed by atoms with van der Waals surface area (Å²) in [7, 11) is 4.40. The number of urea groups is 1. The topological polar surface area (TPSA) is 95.1 Å². The highest BCUT2D eigenvalue weighted by Crippen LogP contribution is 2.37. The number of methoxy groups -OCH3 is 3. The van der Waals surface area contributed by atoms with Gasteiger partial charge in [0.2, 0.25) is 0 Å². The van der Waals surface area contributed by atoms with Crippen LogP contribution in [0.4, 0.5) is 4.79 Å². The third-order valence-corrected chi connectivity index (χ3v) is 5.61. The van der Waals surface area contributed by atoms with Crippen molar-refractivity contribution in [2.45, 2.75) is 12.6 Å². The molecule has 2 amide bonds. The van der Waals surface area contributed by atoms with Crippen molar-refractivity contribution in [3.8, 4) is 17.2 Å². The van der Waals surface area contributed by atoms with E-state index in [4.69, 9.17) is 18.9 Å². The van der Waals surface area contributed by atoms with Crippen molar-refractivity contribution >= 4 is 17.7 Å². The molecule has 3 aromatic rings. The summed E-state index contributed by atoms with van der Waals surface area (Å²) in [5.41, 5.74) is 2.91. The Bertz CT molecular complexity index is 1240. The summed E-state index contributed by atoms with van der Waals surface area (Å²) in [4.78, 5) is 25.5. The van der Waals surface area contributed by atoms with Crippen molar-refractivity contribution in [3.63, 3.8) is 0 Å². The Hall–Kier alpha value is -4.46. The number of rotatable bonds is 8. The highest BCUT2D eigenvalue weighted by atomic mass is 16.5. The summed E-state index contributed by atoms with van der Waals surface area (Å²) >= 11 is 0. The van der Waals surface area contributed by atoms with Crippen LogP contribution in [0.25, 0.3) is 5.70 Å². The summed E-state index contributed by atoms with van der Waals surface area (Å²) in [5, 5.41) is 5.56. The Morgan fingerprint density at radius 1 is 0.886 bits per heavy atom. The maximum Gasteiger partial charge on any atom is 0.338 e. The number of carbonyl (C=O) groups excluding carboxylic acids is 2. The lowest BCUT2D eigenvalue weighted by Crippen LogP contribution is -2.45. The quantitative estimate of drug-likeness (QED) is 0.475. The van der Waals surface area contributed by atoms with E-state index in [1.165, 1.54) is 14.2 Å². The van der Waals surface area contributed by atoms with Gasteiger partial charge in [0.25, 0.3) is 0 Å². The zero-order valence-corrected chi connectivity index (χ0v) is 19.7. The first kappa shape index (κ1) is 23.7. The van der Waals surface area contributed by atoms with Gasteiger partial charge in [-0.1, -0.05) is 36.4 Å². The van der Waals surface area contributed by atoms with Crippen LogP contribution in [0.15, 0.2) is 78.4 Å². The summed E-state index contributed by atoms with van der Waals surface area (Å²) in [5.74, 6) is 1.10. The Morgan fingerprint density at radius 3 is 2.29 bits per heavy atom. The van der Waals surface area contributed by atoms with Gasteiger partial charge in [0.15, 0.2) is 11.5 Å². The standard InChI is InChI=1S/C27H26N2O6/c1-32-20-12-9-18(10-13-20)24-23(26(30)34-3)25(29-27(31)28-24)19-11-14-21(22(15-19)33-2)35-16-17-7-5-4-6-8-17/h4-15,25H,16H2,1-3H3,(H2,28,29,31). The molecule has 3 aromatic carbocycles. The average molecular weight is 475 g/mol. The van der Waals surface area contributed by atoms with Crippen molar-refractivity contribution in [1.82, 2.24) is 10.6 Å². The first-order chi connectivity index (χ1) is 17.0. The lowest BCUT2D eigenvalue weighted by Gasteiger charge is -2.29. The third-order valence-electron chi connectivity index (χ3n) is 5.61. The molecule has 0 spiro atoms. The first-order valence-electron chi connectivity index (χ1n) is 10.9. The van der Waals surface area contributed by atoms with E-state index < -0.39 is 18.0 Å². The van der Waals surface area contributed by atoms with Crippen LogP contribution < -0.4 is 24.8 Å². The highest BCUT2D eigenvalue weighted by Gasteiger charge is 2.34. The SMILES string of the molecule is COC(=O)C1=C(c2ccc(OC)cc2)NC(=O)NC1c1ccc(OCc2ccccc2)c(OC)c1. The second-order valence-corrected chi connectivity index (χ2v) is 7.72. The van der Waals surface area contributed by atoms with E-state index in [1.807, 2.05) is 30.3 Å². The molecule has 1 atom stereocenters. The number of nitrogens with one attached hydrogen (secondary N) is 2. The minimum atomic E-state index is -0.773. The molecule has 1 heterocycles. The minimum Gasteiger partial charge on any atom is -0.497 e. The van der Waals surface area contributed by atoms with Crippen LogP contribution in [-0.2, 0) is 16.1 Å². The van der Waals surface area contributed by atoms with Gasteiger partial charge in [0.05, 0.1) is 38.6 Å². The Balaban J connectivity index is 1.71. The lowest BCUT2D eigenvalue weighted by molar-refractivity contribution is -0.136. The van der Waals surface area contributed by atoms with Gasteiger partial charge < -0.3 is 29.6 Å². The van der Waals surface area contributed by atoms with Crippen molar-refractivity contribution in [1.29, 1.82) is 0 Å². The Labute approximate surface area is 203 Å². The summed E-state index contributed by atoms with van der Waals surface area (Å²) in [6, 6.07) is 20.9. The van der Waals surface area contributed by atoms with Gasteiger partial charge in [-0.3, -0.25) is 0 Å². The van der Waals surface area contributed by atoms with Crippen LogP contribution in [0.1, 0.15) is 22.7 Å². The molecule has 0 saturated heterocycles. The molecule has 1 aliphatic heterocycles. The van der Waals surface area contributed by atoms with E-state index in [-0.39, 0.29) is 5.57 Å². The molecular weight excluding hydrogens is 448 g/mol. The average Bonchev–Trinajstić information content (AvgIpc) is 2.91. The fourth-order valence-electron chi connectivity index (χ4n) is 3.85. The minimum absolute atomic E-state index is 0.261. The van der Waals surface area contributed by atoms with Crippen molar-refractivity contribution in [3.05, 3.63) is 95.1 Å². The van der Waals surface area contributed by atoms with Gasteiger partial charge in [0, 0.05) is 0 Å². The molecule has 0 bridgehead atoms. The van der Waals surface area contributed by atoms with Crippen LogP contribution >= 0.6 is 0 Å². The summed E-state index contributed by atoms with van der Waals surface area (Å²) in [6.45, 7) is 0.371. The molecule has 0 radical (unpaired) electrons. The smallest absolute Gasteiger partial charge is 0.338 e. The Morgan fingerprint density at radius 2 is 1.63 bits per heavy atom. The Kier molecular flexibility index (Phi) is 7.21. The van der Waals surface area contributed by atoms with Gasteiger partial charge in [-0.05, 0) is 53.1 Å². The molecule has 1 aliphatic rings. The maximum atomic E-state index is 12.9. The molecule has 0 fully saturated rings. The van der Waals surface area contributed by atoms with Crippen LogP contribution in [0, 0.1) is 0 Å². The molecule has 0 aliphatic carbocycles. The van der Waals surface area contributed by atoms with Gasteiger partial charge in [0.1, 0.15) is 12.4 Å². The molecule has 1 unspecified atom stereocenters. The van der Waals surface area contributed by atoms with E-state index in [2.05, 4.69) is 10.6 Å². The van der Waals surface area contributed by atoms with Crippen LogP contribution in [0.3, 0.4) is 0 Å². The number of ether oxygens (including phenoxy) is 4.